The van der Waals surface area contributed by atoms with Gasteiger partial charge in [0.2, 0.25) is 18.2 Å². The zero-order valence-corrected chi connectivity index (χ0v) is 22.0. The number of carbonyl (C=O) groups is 2. The van der Waals surface area contributed by atoms with Crippen molar-refractivity contribution < 1.29 is 29.1 Å². The molecule has 0 saturated heterocycles. The van der Waals surface area contributed by atoms with Gasteiger partial charge in [0.05, 0.1) is 17.7 Å². The molecular formula is C31H25ClN3O5+. The molecule has 200 valence electrons. The Morgan fingerprint density at radius 3 is 2.52 bits per heavy atom. The summed E-state index contributed by atoms with van der Waals surface area (Å²) in [6.45, 7) is 0.206. The first-order chi connectivity index (χ1) is 19.4. The van der Waals surface area contributed by atoms with Crippen molar-refractivity contribution in [3.8, 4) is 11.3 Å². The number of hydroxylamine groups is 1. The highest BCUT2D eigenvalue weighted by Gasteiger charge is 2.68. The van der Waals surface area contributed by atoms with Crippen molar-refractivity contribution in [2.24, 2.45) is 5.41 Å². The van der Waals surface area contributed by atoms with Gasteiger partial charge in [-0.05, 0) is 64.8 Å². The van der Waals surface area contributed by atoms with E-state index in [1.165, 1.54) is 18.5 Å². The van der Waals surface area contributed by atoms with Crippen molar-refractivity contribution in [1.29, 1.82) is 0 Å². The highest BCUT2D eigenvalue weighted by Crippen LogP contribution is 2.61. The Kier molecular flexibility index (Phi) is 6.48. The summed E-state index contributed by atoms with van der Waals surface area (Å²) in [6.07, 6.45) is 7.30. The minimum atomic E-state index is -1.04. The molecular weight excluding hydrogens is 530 g/mol. The number of oxazole rings is 1. The van der Waals surface area contributed by atoms with E-state index in [1.807, 2.05) is 54.6 Å². The highest BCUT2D eigenvalue weighted by molar-refractivity contribution is 6.30. The summed E-state index contributed by atoms with van der Waals surface area (Å²) in [5, 5.41) is 24.1. The maximum Gasteiger partial charge on any atom is 0.335 e. The third-order valence-corrected chi connectivity index (χ3v) is 7.89. The van der Waals surface area contributed by atoms with Crippen LogP contribution in [0.3, 0.4) is 0 Å². The molecule has 3 N–H and O–H groups in total. The van der Waals surface area contributed by atoms with Crippen LogP contribution in [0.2, 0.25) is 5.02 Å². The lowest BCUT2D eigenvalue weighted by Gasteiger charge is -2.21. The van der Waals surface area contributed by atoms with Crippen LogP contribution < -0.4 is 5.32 Å². The average molecular weight is 555 g/mol. The summed E-state index contributed by atoms with van der Waals surface area (Å²) in [5.41, 5.74) is 2.78. The van der Waals surface area contributed by atoms with E-state index in [0.717, 1.165) is 21.4 Å². The molecule has 40 heavy (non-hydrogen) atoms. The molecule has 1 aliphatic heterocycles. The Morgan fingerprint density at radius 1 is 1.07 bits per heavy atom. The number of aromatic carboxylic acids is 1. The summed E-state index contributed by atoms with van der Waals surface area (Å²) in [4.78, 5) is 29.2. The third kappa shape index (κ3) is 4.56. The molecule has 4 aromatic rings. The molecule has 9 heteroatoms. The molecule has 1 fully saturated rings. The zero-order chi connectivity index (χ0) is 27.9. The van der Waals surface area contributed by atoms with Crippen molar-refractivity contribution in [3.05, 3.63) is 119 Å². The van der Waals surface area contributed by atoms with Crippen LogP contribution in [0.4, 0.5) is 5.69 Å². The van der Waals surface area contributed by atoms with Crippen LogP contribution in [0.5, 0.6) is 0 Å². The van der Waals surface area contributed by atoms with Gasteiger partial charge in [-0.1, -0.05) is 48.0 Å². The molecule has 0 spiro atoms. The number of amides is 1. The van der Waals surface area contributed by atoms with Gasteiger partial charge in [0.1, 0.15) is 5.41 Å². The Bertz CT molecular complexity index is 1650. The standard InChI is InChI=1S/C31H24ClN3O5/c32-22-9-12-24(27-16-33-18-40-27)25(14-22)21-8-13-28(35(39)17-21)31(15-26(31)19-4-2-1-3-5-19)30(38)34-23-10-6-20(7-11-23)29(36)37/h1-14,16,18,21,26H,15,17H2,(H2-,34,36,37,38,39)/p+1/t21?,26-,31-/m0/s1. The van der Waals surface area contributed by atoms with Crippen molar-refractivity contribution in [2.45, 2.75) is 18.3 Å². The topological polar surface area (TPSA) is 116 Å². The largest absolute Gasteiger partial charge is 0.478 e. The second kappa shape index (κ2) is 10.1. The molecule has 3 atom stereocenters. The zero-order valence-electron chi connectivity index (χ0n) is 21.2. The summed E-state index contributed by atoms with van der Waals surface area (Å²) in [7, 11) is 0. The smallest absolute Gasteiger partial charge is 0.335 e. The number of halogens is 1. The van der Waals surface area contributed by atoms with E-state index in [-0.39, 0.29) is 29.9 Å². The number of hydrogen-bond donors (Lipinski definition) is 3. The molecule has 0 bridgehead atoms. The molecule has 1 unspecified atom stereocenters. The molecule has 1 amide bonds. The number of nitrogens with zero attached hydrogens (tertiary/aromatic N) is 2. The number of carbonyl (C=O) groups excluding carboxylic acids is 1. The number of rotatable bonds is 7. The molecule has 6 rings (SSSR count). The van der Waals surface area contributed by atoms with Gasteiger partial charge in [-0.2, -0.15) is 0 Å². The van der Waals surface area contributed by atoms with Crippen LogP contribution in [0.1, 0.15) is 39.7 Å². The average Bonchev–Trinajstić information content (AvgIpc) is 3.48. The van der Waals surface area contributed by atoms with Gasteiger partial charge in [-0.15, -0.1) is 0 Å². The molecule has 1 aromatic heterocycles. The number of carboxylic acid groups (broad SMARTS) is 1. The minimum absolute atomic E-state index is 0.129. The second-order valence-corrected chi connectivity index (χ2v) is 10.4. The van der Waals surface area contributed by atoms with Crippen LogP contribution in [-0.4, -0.2) is 44.2 Å². The lowest BCUT2D eigenvalue weighted by atomic mass is 9.86. The Morgan fingerprint density at radius 2 is 1.85 bits per heavy atom. The van der Waals surface area contributed by atoms with Gasteiger partial charge in [-0.25, -0.2) is 9.78 Å². The van der Waals surface area contributed by atoms with Crippen molar-refractivity contribution in [1.82, 2.24) is 4.98 Å². The lowest BCUT2D eigenvalue weighted by Crippen LogP contribution is -2.39. The molecule has 1 saturated carbocycles. The molecule has 8 nitrogen and oxygen atoms in total. The van der Waals surface area contributed by atoms with Gasteiger partial charge < -0.3 is 14.8 Å². The van der Waals surface area contributed by atoms with Crippen LogP contribution in [0.25, 0.3) is 11.3 Å². The fraction of sp³-hybridized carbons (Fsp3) is 0.161. The van der Waals surface area contributed by atoms with Gasteiger partial charge in [0.25, 0.3) is 0 Å². The summed E-state index contributed by atoms with van der Waals surface area (Å²) in [6, 6.07) is 21.2. The van der Waals surface area contributed by atoms with E-state index in [2.05, 4.69) is 10.3 Å². The van der Waals surface area contributed by atoms with Crippen LogP contribution in [-0.2, 0) is 4.79 Å². The Balaban J connectivity index is 1.33. The van der Waals surface area contributed by atoms with E-state index in [1.54, 1.807) is 24.4 Å². The summed E-state index contributed by atoms with van der Waals surface area (Å²) in [5.74, 6) is -1.10. The third-order valence-electron chi connectivity index (χ3n) is 7.66. The number of benzene rings is 3. The molecule has 2 aliphatic rings. The van der Waals surface area contributed by atoms with Gasteiger partial charge >= 0.3 is 5.97 Å². The molecule has 3 aromatic carbocycles. The fourth-order valence-electron chi connectivity index (χ4n) is 5.57. The SMILES string of the molecule is O=C(O)c1ccc(NC(=O)[C@@]2(C3=[N+](O)CC(c4cc(Cl)ccc4-c4cnco4)C=C3)C[C@H]2c2ccccc2)cc1. The minimum Gasteiger partial charge on any atom is -0.478 e. The first-order valence-corrected chi connectivity index (χ1v) is 13.1. The predicted octanol–water partition coefficient (Wildman–Crippen LogP) is 6.00. The van der Waals surface area contributed by atoms with E-state index in [4.69, 9.17) is 16.0 Å². The van der Waals surface area contributed by atoms with E-state index in [9.17, 15) is 19.9 Å². The van der Waals surface area contributed by atoms with Crippen LogP contribution in [0, 0.1) is 5.41 Å². The Labute approximate surface area is 234 Å². The van der Waals surface area contributed by atoms with Crippen LogP contribution >= 0.6 is 11.6 Å². The van der Waals surface area contributed by atoms with Gasteiger partial charge in [-0.3, -0.25) is 10.0 Å². The number of anilines is 1. The second-order valence-electron chi connectivity index (χ2n) is 10.0. The Hall–Kier alpha value is -4.69. The number of carboxylic acids is 1. The summed E-state index contributed by atoms with van der Waals surface area (Å²) < 4.78 is 6.69. The fourth-order valence-corrected chi connectivity index (χ4v) is 5.75. The monoisotopic (exact) mass is 554 g/mol. The molecule has 1 aliphatic carbocycles. The maximum atomic E-state index is 13.9. The van der Waals surface area contributed by atoms with Gasteiger partial charge in [0.15, 0.2) is 12.2 Å². The highest BCUT2D eigenvalue weighted by atomic mass is 35.5. The van der Waals surface area contributed by atoms with Crippen molar-refractivity contribution in [2.75, 3.05) is 11.9 Å². The predicted molar refractivity (Wildman–Crippen MR) is 149 cm³/mol. The van der Waals surface area contributed by atoms with Crippen molar-refractivity contribution >= 4 is 34.9 Å². The number of hydrogen-bond acceptors (Lipinski definition) is 5. The van der Waals surface area contributed by atoms with E-state index < -0.39 is 11.4 Å². The van der Waals surface area contributed by atoms with E-state index >= 15 is 0 Å². The maximum absolute atomic E-state index is 13.9. The molecule has 2 heterocycles. The first kappa shape index (κ1) is 25.6. The number of nitrogens with one attached hydrogen (secondary N) is 1. The molecule has 0 radical (unpaired) electrons. The number of aromatic nitrogens is 1. The number of allylic oxidation sites excluding steroid dienone is 1. The normalized spacial score (nSPS) is 21.7. The van der Waals surface area contributed by atoms with Crippen LogP contribution in [0.15, 0.2) is 102 Å². The first-order valence-electron chi connectivity index (χ1n) is 12.8. The van der Waals surface area contributed by atoms with E-state index in [0.29, 0.717) is 28.6 Å². The summed E-state index contributed by atoms with van der Waals surface area (Å²) >= 11 is 6.34. The quantitative estimate of drug-likeness (QED) is 0.190. The van der Waals surface area contributed by atoms with Gasteiger partial charge in [0, 0.05) is 28.3 Å². The lowest BCUT2D eigenvalue weighted by molar-refractivity contribution is -0.776. The van der Waals surface area contributed by atoms with Crippen molar-refractivity contribution in [3.63, 3.8) is 0 Å².